The van der Waals surface area contributed by atoms with E-state index in [0.717, 1.165) is 5.69 Å². The predicted molar refractivity (Wildman–Crippen MR) is 93.6 cm³/mol. The van der Waals surface area contributed by atoms with E-state index in [-0.39, 0.29) is 17.5 Å². The highest BCUT2D eigenvalue weighted by atomic mass is 16.6. The molecule has 0 saturated heterocycles. The largest absolute Gasteiger partial charge is 0.305 e. The second-order valence-corrected chi connectivity index (χ2v) is 6.02. The minimum absolute atomic E-state index is 0.00202. The average molecular weight is 339 g/mol. The van der Waals surface area contributed by atoms with E-state index in [4.69, 9.17) is 0 Å². The molecule has 8 heteroatoms. The molecular weight excluding hydrogens is 322 g/mol. The Bertz CT molecular complexity index is 978. The van der Waals surface area contributed by atoms with Crippen LogP contribution in [-0.2, 0) is 7.05 Å². The maximum Gasteiger partial charge on any atom is 0.275 e. The van der Waals surface area contributed by atoms with Gasteiger partial charge in [-0.3, -0.25) is 19.6 Å². The average Bonchev–Trinajstić information content (AvgIpc) is 2.96. The standard InChI is InChI=1S/C17H17N5O3/c1-10(2)14-9-15(21(3)20-14)17(23)19-16-7-4-11-8-12(22(24)25)5-6-13(11)18-16/h4-10H,1-3H3,(H,18,19,23). The van der Waals surface area contributed by atoms with Crippen molar-refractivity contribution in [3.8, 4) is 0 Å². The molecule has 1 aromatic carbocycles. The zero-order valence-electron chi connectivity index (χ0n) is 14.1. The number of carbonyl (C=O) groups is 1. The number of carbonyl (C=O) groups excluding carboxylic acids is 1. The molecule has 2 aromatic heterocycles. The van der Waals surface area contributed by atoms with Crippen molar-refractivity contribution in [1.29, 1.82) is 0 Å². The minimum atomic E-state index is -0.455. The number of anilines is 1. The van der Waals surface area contributed by atoms with E-state index in [9.17, 15) is 14.9 Å². The van der Waals surface area contributed by atoms with Gasteiger partial charge in [0.15, 0.2) is 0 Å². The molecule has 0 aliphatic heterocycles. The molecule has 128 valence electrons. The Morgan fingerprint density at radius 2 is 2.00 bits per heavy atom. The van der Waals surface area contributed by atoms with E-state index in [2.05, 4.69) is 15.4 Å². The molecule has 1 amide bonds. The highest BCUT2D eigenvalue weighted by Gasteiger charge is 2.16. The molecule has 3 rings (SSSR count). The molecule has 0 unspecified atom stereocenters. The normalized spacial score (nSPS) is 11.0. The number of hydrogen-bond donors (Lipinski definition) is 1. The molecule has 0 atom stereocenters. The van der Waals surface area contributed by atoms with Crippen molar-refractivity contribution < 1.29 is 9.72 Å². The van der Waals surface area contributed by atoms with Crippen LogP contribution in [0.4, 0.5) is 11.5 Å². The Kier molecular flexibility index (Phi) is 4.18. The summed E-state index contributed by atoms with van der Waals surface area (Å²) in [6.45, 7) is 4.02. The Labute approximate surface area is 143 Å². The SMILES string of the molecule is CC(C)c1cc(C(=O)Nc2ccc3cc([N+](=O)[O-])ccc3n2)n(C)n1. The van der Waals surface area contributed by atoms with Gasteiger partial charge in [0.1, 0.15) is 11.5 Å². The summed E-state index contributed by atoms with van der Waals surface area (Å²) in [5, 5.41) is 18.5. The minimum Gasteiger partial charge on any atom is -0.305 e. The van der Waals surface area contributed by atoms with Crippen LogP contribution in [0.5, 0.6) is 0 Å². The fourth-order valence-electron chi connectivity index (χ4n) is 2.46. The maximum absolute atomic E-state index is 12.4. The summed E-state index contributed by atoms with van der Waals surface area (Å²) < 4.78 is 1.54. The lowest BCUT2D eigenvalue weighted by atomic mass is 10.1. The number of nitro groups is 1. The third-order valence-corrected chi connectivity index (χ3v) is 3.85. The number of nitrogens with one attached hydrogen (secondary N) is 1. The number of fused-ring (bicyclic) bond motifs is 1. The van der Waals surface area contributed by atoms with Crippen molar-refractivity contribution in [3.63, 3.8) is 0 Å². The summed E-state index contributed by atoms with van der Waals surface area (Å²) in [5.74, 6) is 0.289. The maximum atomic E-state index is 12.4. The highest BCUT2D eigenvalue weighted by molar-refractivity contribution is 6.03. The van der Waals surface area contributed by atoms with Crippen LogP contribution in [-0.4, -0.2) is 25.6 Å². The molecule has 0 spiro atoms. The van der Waals surface area contributed by atoms with E-state index < -0.39 is 4.92 Å². The van der Waals surface area contributed by atoms with Gasteiger partial charge in [0.25, 0.3) is 11.6 Å². The lowest BCUT2D eigenvalue weighted by Crippen LogP contribution is -2.16. The van der Waals surface area contributed by atoms with Crippen LogP contribution in [0.2, 0.25) is 0 Å². The number of aryl methyl sites for hydroxylation is 1. The van der Waals surface area contributed by atoms with Gasteiger partial charge in [0.2, 0.25) is 0 Å². The van der Waals surface area contributed by atoms with Gasteiger partial charge >= 0.3 is 0 Å². The van der Waals surface area contributed by atoms with Gasteiger partial charge in [0, 0.05) is 24.6 Å². The highest BCUT2D eigenvalue weighted by Crippen LogP contribution is 2.21. The molecule has 3 aromatic rings. The van der Waals surface area contributed by atoms with Crippen LogP contribution in [0.25, 0.3) is 10.9 Å². The predicted octanol–water partition coefficient (Wildman–Crippen LogP) is 3.25. The number of amides is 1. The summed E-state index contributed by atoms with van der Waals surface area (Å²) in [7, 11) is 1.72. The molecule has 8 nitrogen and oxygen atoms in total. The summed E-state index contributed by atoms with van der Waals surface area (Å²) in [4.78, 5) is 27.1. The first-order valence-corrected chi connectivity index (χ1v) is 7.75. The third-order valence-electron chi connectivity index (χ3n) is 3.85. The number of non-ortho nitro benzene ring substituents is 1. The first-order valence-electron chi connectivity index (χ1n) is 7.75. The summed E-state index contributed by atoms with van der Waals surface area (Å²) in [6, 6.07) is 9.45. The molecule has 0 aliphatic rings. The van der Waals surface area contributed by atoms with Crippen LogP contribution in [0, 0.1) is 10.1 Å². The number of benzene rings is 1. The van der Waals surface area contributed by atoms with Crippen LogP contribution >= 0.6 is 0 Å². The van der Waals surface area contributed by atoms with Crippen LogP contribution in [0.1, 0.15) is 35.9 Å². The number of rotatable bonds is 4. The monoisotopic (exact) mass is 339 g/mol. The van der Waals surface area contributed by atoms with Crippen LogP contribution in [0.3, 0.4) is 0 Å². The molecule has 25 heavy (non-hydrogen) atoms. The molecule has 1 N–H and O–H groups in total. The number of pyridine rings is 1. The zero-order chi connectivity index (χ0) is 18.1. The van der Waals surface area contributed by atoms with Crippen molar-refractivity contribution in [2.45, 2.75) is 19.8 Å². The lowest BCUT2D eigenvalue weighted by molar-refractivity contribution is -0.384. The molecule has 2 heterocycles. The van der Waals surface area contributed by atoms with Gasteiger partial charge in [-0.05, 0) is 30.2 Å². The van der Waals surface area contributed by atoms with E-state index in [1.54, 1.807) is 31.3 Å². The molecule has 0 aliphatic carbocycles. The fraction of sp³-hybridized carbons (Fsp3) is 0.235. The van der Waals surface area contributed by atoms with Gasteiger partial charge < -0.3 is 5.32 Å². The number of hydrogen-bond acceptors (Lipinski definition) is 5. The van der Waals surface area contributed by atoms with Crippen molar-refractivity contribution in [2.75, 3.05) is 5.32 Å². The Hall–Kier alpha value is -3.29. The Morgan fingerprint density at radius 3 is 2.64 bits per heavy atom. The van der Waals surface area contributed by atoms with Gasteiger partial charge in [-0.25, -0.2) is 4.98 Å². The van der Waals surface area contributed by atoms with Gasteiger partial charge in [-0.2, -0.15) is 5.10 Å². The van der Waals surface area contributed by atoms with Crippen molar-refractivity contribution in [2.24, 2.45) is 7.05 Å². The van der Waals surface area contributed by atoms with Crippen molar-refractivity contribution in [1.82, 2.24) is 14.8 Å². The van der Waals surface area contributed by atoms with Crippen LogP contribution < -0.4 is 5.32 Å². The van der Waals surface area contributed by atoms with Gasteiger partial charge in [0.05, 0.1) is 16.1 Å². The number of nitro benzene ring substituents is 1. The second-order valence-electron chi connectivity index (χ2n) is 6.02. The molecular formula is C17H17N5O3. The molecule has 0 saturated carbocycles. The third kappa shape index (κ3) is 3.32. The molecule has 0 bridgehead atoms. The second kappa shape index (κ2) is 6.31. The van der Waals surface area contributed by atoms with E-state index in [1.165, 1.54) is 16.8 Å². The Morgan fingerprint density at radius 1 is 1.24 bits per heavy atom. The summed E-state index contributed by atoms with van der Waals surface area (Å²) in [5.41, 5.74) is 1.85. The summed E-state index contributed by atoms with van der Waals surface area (Å²) in [6.07, 6.45) is 0. The number of nitrogens with zero attached hydrogens (tertiary/aromatic N) is 4. The van der Waals surface area contributed by atoms with Gasteiger partial charge in [-0.15, -0.1) is 0 Å². The van der Waals surface area contributed by atoms with E-state index >= 15 is 0 Å². The quantitative estimate of drug-likeness (QED) is 0.580. The van der Waals surface area contributed by atoms with Gasteiger partial charge in [-0.1, -0.05) is 13.8 Å². The smallest absolute Gasteiger partial charge is 0.275 e. The van der Waals surface area contributed by atoms with E-state index in [0.29, 0.717) is 22.4 Å². The van der Waals surface area contributed by atoms with Crippen molar-refractivity contribution in [3.05, 3.63) is 57.9 Å². The Balaban J connectivity index is 1.86. The molecule has 0 fully saturated rings. The topological polar surface area (TPSA) is 103 Å². The molecule has 0 radical (unpaired) electrons. The summed E-state index contributed by atoms with van der Waals surface area (Å²) >= 11 is 0. The first kappa shape index (κ1) is 16.6. The van der Waals surface area contributed by atoms with Crippen molar-refractivity contribution >= 4 is 28.3 Å². The number of aromatic nitrogens is 3. The fourth-order valence-corrected chi connectivity index (χ4v) is 2.46. The first-order chi connectivity index (χ1) is 11.8. The lowest BCUT2D eigenvalue weighted by Gasteiger charge is -2.06. The zero-order valence-corrected chi connectivity index (χ0v) is 14.1. The van der Waals surface area contributed by atoms with Crippen LogP contribution in [0.15, 0.2) is 36.4 Å². The van der Waals surface area contributed by atoms with E-state index in [1.807, 2.05) is 13.8 Å².